The van der Waals surface area contributed by atoms with E-state index in [1.165, 1.54) is 11.9 Å². The van der Waals surface area contributed by atoms with Crippen molar-refractivity contribution >= 4 is 0 Å². The van der Waals surface area contributed by atoms with E-state index in [0.29, 0.717) is 13.0 Å². The first-order valence-electron chi connectivity index (χ1n) is 7.32. The van der Waals surface area contributed by atoms with E-state index in [9.17, 15) is 18.3 Å². The van der Waals surface area contributed by atoms with Crippen molar-refractivity contribution in [1.82, 2.24) is 10.2 Å². The van der Waals surface area contributed by atoms with Crippen LogP contribution in [0.4, 0.5) is 13.2 Å². The number of nitrogens with one attached hydrogen (secondary N) is 1. The van der Waals surface area contributed by atoms with Crippen LogP contribution in [0.25, 0.3) is 0 Å². The molecule has 1 fully saturated rings. The SMILES string of the molecule is CC(C)NC1(CO)CCCC1CCN(C)CC(F)(F)F. The van der Waals surface area contributed by atoms with E-state index in [4.69, 9.17) is 0 Å². The van der Waals surface area contributed by atoms with Crippen molar-refractivity contribution in [2.24, 2.45) is 5.92 Å². The van der Waals surface area contributed by atoms with Gasteiger partial charge < -0.3 is 10.4 Å². The average Bonchev–Trinajstić information content (AvgIpc) is 2.67. The molecule has 2 unspecified atom stereocenters. The smallest absolute Gasteiger partial charge is 0.394 e. The van der Waals surface area contributed by atoms with Gasteiger partial charge >= 0.3 is 6.18 Å². The largest absolute Gasteiger partial charge is 0.401 e. The first-order valence-corrected chi connectivity index (χ1v) is 7.32. The minimum absolute atomic E-state index is 0.0544. The molecule has 0 aliphatic heterocycles. The van der Waals surface area contributed by atoms with Crippen LogP contribution in [0, 0.1) is 5.92 Å². The zero-order valence-electron chi connectivity index (χ0n) is 12.6. The lowest BCUT2D eigenvalue weighted by Gasteiger charge is -2.37. The highest BCUT2D eigenvalue weighted by atomic mass is 19.4. The Bertz CT molecular complexity index is 297. The van der Waals surface area contributed by atoms with Crippen LogP contribution in [0.2, 0.25) is 0 Å². The van der Waals surface area contributed by atoms with Gasteiger partial charge in [0.05, 0.1) is 13.2 Å². The number of hydrogen-bond donors (Lipinski definition) is 2. The van der Waals surface area contributed by atoms with Gasteiger partial charge in [-0.3, -0.25) is 4.90 Å². The first kappa shape index (κ1) is 17.7. The normalized spacial score (nSPS) is 27.8. The quantitative estimate of drug-likeness (QED) is 0.757. The molecular formula is C14H27F3N2O. The summed E-state index contributed by atoms with van der Waals surface area (Å²) in [4.78, 5) is 1.32. The third-order valence-corrected chi connectivity index (χ3v) is 4.12. The van der Waals surface area contributed by atoms with Gasteiger partial charge in [0.25, 0.3) is 0 Å². The number of aliphatic hydroxyl groups is 1. The monoisotopic (exact) mass is 296 g/mol. The Hall–Kier alpha value is -0.330. The molecule has 0 bridgehead atoms. The van der Waals surface area contributed by atoms with E-state index < -0.39 is 12.7 Å². The molecule has 1 rings (SSSR count). The maximum atomic E-state index is 12.3. The van der Waals surface area contributed by atoms with Gasteiger partial charge in [-0.15, -0.1) is 0 Å². The molecule has 1 aliphatic rings. The molecule has 0 spiro atoms. The Morgan fingerprint density at radius 2 is 2.05 bits per heavy atom. The van der Waals surface area contributed by atoms with Crippen LogP contribution in [-0.2, 0) is 0 Å². The fraction of sp³-hybridized carbons (Fsp3) is 1.00. The van der Waals surface area contributed by atoms with Crippen LogP contribution in [0.3, 0.4) is 0 Å². The molecule has 0 aromatic heterocycles. The second kappa shape index (κ2) is 7.09. The third kappa shape index (κ3) is 5.22. The van der Waals surface area contributed by atoms with Gasteiger partial charge in [0.2, 0.25) is 0 Å². The van der Waals surface area contributed by atoms with Gasteiger partial charge in [-0.2, -0.15) is 13.2 Å². The standard InChI is InChI=1S/C14H27F3N2O/c1-11(2)18-13(10-20)7-4-5-12(13)6-8-19(3)9-14(15,16)17/h11-12,18,20H,4-10H2,1-3H3. The van der Waals surface area contributed by atoms with E-state index in [1.54, 1.807) is 0 Å². The van der Waals surface area contributed by atoms with Crippen LogP contribution in [-0.4, -0.2) is 54.5 Å². The predicted octanol–water partition coefficient (Wildman–Crippen LogP) is 2.40. The van der Waals surface area contributed by atoms with Gasteiger partial charge in [0.1, 0.15) is 0 Å². The van der Waals surface area contributed by atoms with Gasteiger partial charge in [-0.05, 0) is 38.8 Å². The summed E-state index contributed by atoms with van der Waals surface area (Å²) in [6.45, 7) is 3.65. The lowest BCUT2D eigenvalue weighted by molar-refractivity contribution is -0.143. The summed E-state index contributed by atoms with van der Waals surface area (Å²) in [5.41, 5.74) is -0.312. The number of nitrogens with zero attached hydrogens (tertiary/aromatic N) is 1. The van der Waals surface area contributed by atoms with Crippen molar-refractivity contribution in [3.8, 4) is 0 Å². The summed E-state index contributed by atoms with van der Waals surface area (Å²) < 4.78 is 36.9. The zero-order valence-corrected chi connectivity index (χ0v) is 12.6. The zero-order chi connectivity index (χ0) is 15.4. The maximum absolute atomic E-state index is 12.3. The topological polar surface area (TPSA) is 35.5 Å². The van der Waals surface area contributed by atoms with Crippen LogP contribution in [0.1, 0.15) is 39.5 Å². The van der Waals surface area contributed by atoms with Crippen LogP contribution in [0.5, 0.6) is 0 Å². The molecule has 1 aliphatic carbocycles. The van der Waals surface area contributed by atoms with Gasteiger partial charge in [-0.25, -0.2) is 0 Å². The number of aliphatic hydroxyl groups excluding tert-OH is 1. The first-order chi connectivity index (χ1) is 9.18. The fourth-order valence-electron chi connectivity index (χ4n) is 3.35. The Kier molecular flexibility index (Phi) is 6.28. The number of rotatable bonds is 7. The van der Waals surface area contributed by atoms with E-state index in [2.05, 4.69) is 5.32 Å². The minimum atomic E-state index is -4.14. The molecule has 0 heterocycles. The maximum Gasteiger partial charge on any atom is 0.401 e. The highest BCUT2D eigenvalue weighted by molar-refractivity contribution is 4.99. The lowest BCUT2D eigenvalue weighted by atomic mass is 9.84. The summed E-state index contributed by atoms with van der Waals surface area (Å²) in [5.74, 6) is 0.241. The van der Waals surface area contributed by atoms with E-state index in [-0.39, 0.29) is 24.1 Å². The van der Waals surface area contributed by atoms with Gasteiger partial charge in [-0.1, -0.05) is 20.3 Å². The van der Waals surface area contributed by atoms with Crippen molar-refractivity contribution in [3.63, 3.8) is 0 Å². The summed E-state index contributed by atoms with van der Waals surface area (Å²) in [7, 11) is 1.50. The Labute approximate surface area is 119 Å². The van der Waals surface area contributed by atoms with Crippen LogP contribution in [0.15, 0.2) is 0 Å². The molecule has 0 saturated heterocycles. The second-order valence-corrected chi connectivity index (χ2v) is 6.34. The molecule has 2 N–H and O–H groups in total. The Morgan fingerprint density at radius 3 is 2.55 bits per heavy atom. The van der Waals surface area contributed by atoms with E-state index in [1.807, 2.05) is 13.8 Å². The molecule has 3 nitrogen and oxygen atoms in total. The molecule has 120 valence electrons. The summed E-state index contributed by atoms with van der Waals surface area (Å²) in [6, 6.07) is 0.260. The molecule has 20 heavy (non-hydrogen) atoms. The average molecular weight is 296 g/mol. The molecule has 0 amide bonds. The number of halogens is 3. The molecule has 0 aromatic carbocycles. The predicted molar refractivity (Wildman–Crippen MR) is 73.6 cm³/mol. The van der Waals surface area contributed by atoms with Gasteiger partial charge in [0.15, 0.2) is 0 Å². The van der Waals surface area contributed by atoms with E-state index >= 15 is 0 Å². The number of hydrogen-bond acceptors (Lipinski definition) is 3. The lowest BCUT2D eigenvalue weighted by Crippen LogP contribution is -2.54. The van der Waals surface area contributed by atoms with E-state index in [0.717, 1.165) is 19.3 Å². The Balaban J connectivity index is 2.53. The van der Waals surface area contributed by atoms with Crippen molar-refractivity contribution < 1.29 is 18.3 Å². The fourth-order valence-corrected chi connectivity index (χ4v) is 3.35. The number of alkyl halides is 3. The van der Waals surface area contributed by atoms with Crippen LogP contribution >= 0.6 is 0 Å². The summed E-state index contributed by atoms with van der Waals surface area (Å²) >= 11 is 0. The van der Waals surface area contributed by atoms with Crippen LogP contribution < -0.4 is 5.32 Å². The third-order valence-electron chi connectivity index (χ3n) is 4.12. The second-order valence-electron chi connectivity index (χ2n) is 6.34. The molecular weight excluding hydrogens is 269 g/mol. The molecule has 0 radical (unpaired) electrons. The highest BCUT2D eigenvalue weighted by Gasteiger charge is 2.42. The summed E-state index contributed by atoms with van der Waals surface area (Å²) in [6.07, 6.45) is -0.565. The highest BCUT2D eigenvalue weighted by Crippen LogP contribution is 2.38. The minimum Gasteiger partial charge on any atom is -0.394 e. The molecule has 6 heteroatoms. The van der Waals surface area contributed by atoms with Crippen molar-refractivity contribution in [3.05, 3.63) is 0 Å². The molecule has 0 aromatic rings. The molecule has 2 atom stereocenters. The van der Waals surface area contributed by atoms with Crippen molar-refractivity contribution in [2.45, 2.75) is 57.3 Å². The molecule has 1 saturated carbocycles. The van der Waals surface area contributed by atoms with Crippen molar-refractivity contribution in [1.29, 1.82) is 0 Å². The summed E-state index contributed by atoms with van der Waals surface area (Å²) in [5, 5.41) is 13.2. The Morgan fingerprint density at radius 1 is 1.40 bits per heavy atom. The van der Waals surface area contributed by atoms with Gasteiger partial charge in [0, 0.05) is 11.6 Å². The van der Waals surface area contributed by atoms with Crippen molar-refractivity contribution in [2.75, 3.05) is 26.7 Å².